The van der Waals surface area contributed by atoms with Crippen LogP contribution in [-0.4, -0.2) is 42.1 Å². The number of likely N-dealkylation sites (tertiary alicyclic amines) is 1. The van der Waals surface area contributed by atoms with Gasteiger partial charge in [-0.15, -0.1) is 10.2 Å². The van der Waals surface area contributed by atoms with Crippen LogP contribution in [0.3, 0.4) is 0 Å². The second-order valence-corrected chi connectivity index (χ2v) is 11.4. The lowest BCUT2D eigenvalue weighted by Crippen LogP contribution is -2.34. The van der Waals surface area contributed by atoms with E-state index in [1.807, 2.05) is 29.8 Å². The lowest BCUT2D eigenvalue weighted by molar-refractivity contribution is -0.136. The van der Waals surface area contributed by atoms with E-state index in [0.29, 0.717) is 30.0 Å². The largest absolute Gasteiger partial charge is 0.419 e. The predicted molar refractivity (Wildman–Crippen MR) is 143 cm³/mol. The van der Waals surface area contributed by atoms with Gasteiger partial charge in [0, 0.05) is 39.0 Å². The van der Waals surface area contributed by atoms with Crippen LogP contribution in [0.25, 0.3) is 16.8 Å². The van der Waals surface area contributed by atoms with E-state index < -0.39 is 17.3 Å². The van der Waals surface area contributed by atoms with E-state index in [4.69, 9.17) is 0 Å². The normalized spacial score (nSPS) is 17.2. The molecule has 39 heavy (non-hydrogen) atoms. The van der Waals surface area contributed by atoms with E-state index in [0.717, 1.165) is 47.8 Å². The van der Waals surface area contributed by atoms with E-state index in [9.17, 15) is 18.0 Å². The lowest BCUT2D eigenvalue weighted by atomic mass is 9.80. The van der Waals surface area contributed by atoms with E-state index in [1.165, 1.54) is 12.4 Å². The Morgan fingerprint density at radius 2 is 1.95 bits per heavy atom. The van der Waals surface area contributed by atoms with Gasteiger partial charge in [-0.3, -0.25) is 14.1 Å². The summed E-state index contributed by atoms with van der Waals surface area (Å²) in [5, 5.41) is 8.15. The van der Waals surface area contributed by atoms with Crippen LogP contribution in [0.1, 0.15) is 56.1 Å². The summed E-state index contributed by atoms with van der Waals surface area (Å²) in [7, 11) is 1.89. The van der Waals surface area contributed by atoms with Crippen LogP contribution in [0.5, 0.6) is 0 Å². The number of alkyl halides is 3. The Morgan fingerprint density at radius 3 is 2.64 bits per heavy atom. The van der Waals surface area contributed by atoms with Crippen molar-refractivity contribution >= 4 is 5.65 Å². The first-order valence-electron chi connectivity index (χ1n) is 13.2. The summed E-state index contributed by atoms with van der Waals surface area (Å²) in [6.07, 6.45) is 2.53. The zero-order valence-electron chi connectivity index (χ0n) is 22.7. The number of pyridine rings is 1. The third-order valence-corrected chi connectivity index (χ3v) is 7.67. The third-order valence-electron chi connectivity index (χ3n) is 7.67. The molecule has 1 saturated heterocycles. The summed E-state index contributed by atoms with van der Waals surface area (Å²) in [5.41, 5.74) is 0.134. The molecule has 0 aliphatic carbocycles. The van der Waals surface area contributed by atoms with Crippen molar-refractivity contribution in [3.63, 3.8) is 0 Å². The van der Waals surface area contributed by atoms with Crippen molar-refractivity contribution in [3.05, 3.63) is 81.9 Å². The SMILES string of the molecule is C[C@H]1CCCN(Cc2cc(C(F)(F)F)c3ncc(-c4cccc(C(C)(C)Cc5nncn5C)c4)c(=O)n3c2)C1. The molecule has 0 radical (unpaired) electrons. The number of aromatic nitrogens is 5. The van der Waals surface area contributed by atoms with E-state index in [1.54, 1.807) is 12.4 Å². The van der Waals surface area contributed by atoms with Gasteiger partial charge in [0.05, 0.1) is 11.1 Å². The molecule has 1 aromatic carbocycles. The van der Waals surface area contributed by atoms with Crippen molar-refractivity contribution in [3.8, 4) is 11.1 Å². The van der Waals surface area contributed by atoms with Crippen LogP contribution in [0, 0.1) is 5.92 Å². The van der Waals surface area contributed by atoms with Gasteiger partial charge in [-0.1, -0.05) is 45.0 Å². The molecule has 0 amide bonds. The maximum atomic E-state index is 14.1. The quantitative estimate of drug-likeness (QED) is 0.335. The van der Waals surface area contributed by atoms with Crippen molar-refractivity contribution in [1.82, 2.24) is 29.0 Å². The zero-order chi connectivity index (χ0) is 27.9. The molecule has 7 nitrogen and oxygen atoms in total. The third kappa shape index (κ3) is 5.61. The van der Waals surface area contributed by atoms with Gasteiger partial charge in [0.25, 0.3) is 5.56 Å². The van der Waals surface area contributed by atoms with Gasteiger partial charge in [0.2, 0.25) is 0 Å². The average Bonchev–Trinajstić information content (AvgIpc) is 3.27. The molecular formula is C29H33F3N6O. The molecule has 1 fully saturated rings. The maximum absolute atomic E-state index is 14.1. The first kappa shape index (κ1) is 27.1. The molecule has 10 heteroatoms. The minimum atomic E-state index is -4.64. The summed E-state index contributed by atoms with van der Waals surface area (Å²) in [6, 6.07) is 8.66. The summed E-state index contributed by atoms with van der Waals surface area (Å²) in [4.78, 5) is 20.0. The Morgan fingerprint density at radius 1 is 1.15 bits per heavy atom. The molecule has 5 rings (SSSR count). The van der Waals surface area contributed by atoms with Gasteiger partial charge in [-0.05, 0) is 53.5 Å². The number of piperidine rings is 1. The highest BCUT2D eigenvalue weighted by atomic mass is 19.4. The fraction of sp³-hybridized carbons (Fsp3) is 0.448. The summed E-state index contributed by atoms with van der Waals surface area (Å²) < 4.78 is 45.2. The van der Waals surface area contributed by atoms with Gasteiger partial charge in [0.15, 0.2) is 5.65 Å². The number of nitrogens with zero attached hydrogens (tertiary/aromatic N) is 6. The van der Waals surface area contributed by atoms with E-state index >= 15 is 0 Å². The lowest BCUT2D eigenvalue weighted by Gasteiger charge is -2.31. The Labute approximate surface area is 225 Å². The highest BCUT2D eigenvalue weighted by molar-refractivity contribution is 5.65. The molecule has 1 aliphatic rings. The molecular weight excluding hydrogens is 505 g/mol. The number of rotatable bonds is 6. The van der Waals surface area contributed by atoms with Crippen LogP contribution in [-0.2, 0) is 31.6 Å². The fourth-order valence-electron chi connectivity index (χ4n) is 5.49. The number of halogens is 3. The van der Waals surface area contributed by atoms with E-state index in [-0.39, 0.29) is 16.6 Å². The Bertz CT molecular complexity index is 1550. The average molecular weight is 539 g/mol. The van der Waals surface area contributed by atoms with Crippen LogP contribution in [0.4, 0.5) is 13.2 Å². The van der Waals surface area contributed by atoms with Gasteiger partial charge < -0.3 is 4.57 Å². The summed E-state index contributed by atoms with van der Waals surface area (Å²) in [5.74, 6) is 1.32. The standard InChI is InChI=1S/C29H33F3N6O/c1-19-7-6-10-37(15-19)16-20-11-24(29(30,31)32)26-33-14-23(27(39)38(26)17-20)21-8-5-9-22(12-21)28(2,3)13-25-35-34-18-36(25)4/h5,8-9,11-12,14,17-19H,6-7,10,13,15-16H2,1-4H3/t19-/m0/s1. The number of hydrogen-bond acceptors (Lipinski definition) is 5. The minimum Gasteiger partial charge on any atom is -0.321 e. The van der Waals surface area contributed by atoms with Crippen molar-refractivity contribution in [2.45, 2.75) is 58.2 Å². The van der Waals surface area contributed by atoms with Crippen LogP contribution in [0.2, 0.25) is 0 Å². The number of benzene rings is 1. The van der Waals surface area contributed by atoms with Gasteiger partial charge in [-0.2, -0.15) is 13.2 Å². The first-order valence-corrected chi connectivity index (χ1v) is 13.2. The molecule has 0 N–H and O–H groups in total. The topological polar surface area (TPSA) is 68.3 Å². The molecule has 4 heterocycles. The second-order valence-electron chi connectivity index (χ2n) is 11.4. The Kier molecular flexibility index (Phi) is 7.09. The molecule has 206 valence electrons. The molecule has 3 aromatic heterocycles. The Hall–Kier alpha value is -3.53. The minimum absolute atomic E-state index is 0.251. The first-order chi connectivity index (χ1) is 18.4. The van der Waals surface area contributed by atoms with Crippen LogP contribution >= 0.6 is 0 Å². The van der Waals surface area contributed by atoms with Crippen molar-refractivity contribution in [2.75, 3.05) is 13.1 Å². The number of fused-ring (bicyclic) bond motifs is 1. The van der Waals surface area contributed by atoms with Gasteiger partial charge in [0.1, 0.15) is 12.2 Å². The van der Waals surface area contributed by atoms with Crippen LogP contribution in [0.15, 0.2) is 53.8 Å². The summed E-state index contributed by atoms with van der Waals surface area (Å²) in [6.45, 7) is 8.31. The molecule has 0 saturated carbocycles. The van der Waals surface area contributed by atoms with E-state index in [2.05, 4.69) is 40.9 Å². The molecule has 1 aliphatic heterocycles. The van der Waals surface area contributed by atoms with Gasteiger partial charge >= 0.3 is 6.18 Å². The van der Waals surface area contributed by atoms with Gasteiger partial charge in [-0.25, -0.2) is 4.98 Å². The smallest absolute Gasteiger partial charge is 0.321 e. The summed E-state index contributed by atoms with van der Waals surface area (Å²) >= 11 is 0. The highest BCUT2D eigenvalue weighted by Gasteiger charge is 2.35. The van der Waals surface area contributed by atoms with Crippen LogP contribution < -0.4 is 5.56 Å². The molecule has 0 spiro atoms. The number of aryl methyl sites for hydroxylation is 1. The molecule has 4 aromatic rings. The molecule has 1 atom stereocenters. The highest BCUT2D eigenvalue weighted by Crippen LogP contribution is 2.34. The van der Waals surface area contributed by atoms with Crippen molar-refractivity contribution < 1.29 is 13.2 Å². The van der Waals surface area contributed by atoms with Crippen molar-refractivity contribution in [1.29, 1.82) is 0 Å². The molecule has 0 unspecified atom stereocenters. The second kappa shape index (κ2) is 10.2. The zero-order valence-corrected chi connectivity index (χ0v) is 22.7. The monoisotopic (exact) mass is 538 g/mol. The Balaban J connectivity index is 1.56. The van der Waals surface area contributed by atoms with Crippen molar-refractivity contribution in [2.24, 2.45) is 13.0 Å². The predicted octanol–water partition coefficient (Wildman–Crippen LogP) is 5.26. The molecule has 0 bridgehead atoms. The number of hydrogen-bond donors (Lipinski definition) is 0. The fourth-order valence-corrected chi connectivity index (χ4v) is 5.49. The maximum Gasteiger partial charge on any atom is 0.419 e.